The molecular weight excluding hydrogens is 300 g/mol. The molecule has 2 aliphatic carbocycles. The third-order valence-electron chi connectivity index (χ3n) is 5.36. The van der Waals surface area contributed by atoms with Crippen LogP contribution in [0.5, 0.6) is 0 Å². The molecule has 4 rings (SSSR count). The lowest BCUT2D eigenvalue weighted by Gasteiger charge is -2.32. The normalized spacial score (nSPS) is 21.5. The molecule has 1 N–H and O–H groups in total. The second-order valence-corrected chi connectivity index (χ2v) is 7.32. The lowest BCUT2D eigenvalue weighted by atomic mass is 9.81. The van der Waals surface area contributed by atoms with Gasteiger partial charge in [0, 0.05) is 24.4 Å². The van der Waals surface area contributed by atoms with E-state index in [0.717, 1.165) is 5.82 Å². The molecule has 0 saturated heterocycles. The van der Waals surface area contributed by atoms with Gasteiger partial charge in [0.25, 0.3) is 0 Å². The predicted octanol–water partition coefficient (Wildman–Crippen LogP) is 4.31. The fourth-order valence-electron chi connectivity index (χ4n) is 3.80. The molecule has 2 aliphatic rings. The van der Waals surface area contributed by atoms with E-state index in [1.165, 1.54) is 50.5 Å². The molecule has 2 aromatic rings. The van der Waals surface area contributed by atoms with Crippen LogP contribution in [0.3, 0.4) is 0 Å². The minimum atomic E-state index is 0.0529. The molecule has 2 heterocycles. The van der Waals surface area contributed by atoms with Crippen molar-refractivity contribution in [1.82, 2.24) is 20.4 Å². The van der Waals surface area contributed by atoms with Gasteiger partial charge >= 0.3 is 0 Å². The third kappa shape index (κ3) is 3.51. The molecule has 2 aromatic heterocycles. The largest absolute Gasteiger partial charge is 0.338 e. The van der Waals surface area contributed by atoms with E-state index >= 15 is 0 Å². The Kier molecular flexibility index (Phi) is 4.60. The molecule has 2 fully saturated rings. The van der Waals surface area contributed by atoms with Crippen LogP contribution >= 0.6 is 0 Å². The van der Waals surface area contributed by atoms with Crippen LogP contribution in [0.1, 0.15) is 87.1 Å². The topological polar surface area (TPSA) is 63.8 Å². The average molecular weight is 326 g/mol. The number of nitrogens with zero attached hydrogens (tertiary/aromatic N) is 3. The number of hydrogen-bond donors (Lipinski definition) is 1. The highest BCUT2D eigenvalue weighted by atomic mass is 16.5. The Balaban J connectivity index is 1.51. The van der Waals surface area contributed by atoms with Gasteiger partial charge in [-0.25, -0.2) is 0 Å². The monoisotopic (exact) mass is 326 g/mol. The second-order valence-electron chi connectivity index (χ2n) is 7.32. The first kappa shape index (κ1) is 15.8. The number of aromatic nitrogens is 3. The van der Waals surface area contributed by atoms with Crippen molar-refractivity contribution in [3.8, 4) is 0 Å². The molecule has 0 amide bonds. The predicted molar refractivity (Wildman–Crippen MR) is 91.4 cm³/mol. The van der Waals surface area contributed by atoms with Crippen LogP contribution in [0.4, 0.5) is 0 Å². The van der Waals surface area contributed by atoms with Crippen molar-refractivity contribution < 1.29 is 4.52 Å². The molecule has 0 spiro atoms. The minimum absolute atomic E-state index is 0.0529. The van der Waals surface area contributed by atoms with Crippen molar-refractivity contribution in [3.05, 3.63) is 41.8 Å². The van der Waals surface area contributed by atoms with E-state index in [9.17, 15) is 0 Å². The van der Waals surface area contributed by atoms with Crippen molar-refractivity contribution in [2.75, 3.05) is 0 Å². The molecule has 0 aliphatic heterocycles. The molecule has 5 heteroatoms. The van der Waals surface area contributed by atoms with Crippen molar-refractivity contribution in [1.29, 1.82) is 0 Å². The van der Waals surface area contributed by atoms with Gasteiger partial charge in [-0.2, -0.15) is 4.98 Å². The lowest BCUT2D eigenvalue weighted by molar-refractivity contribution is 0.239. The van der Waals surface area contributed by atoms with E-state index in [0.29, 0.717) is 23.8 Å². The lowest BCUT2D eigenvalue weighted by Crippen LogP contribution is -2.32. The zero-order chi connectivity index (χ0) is 16.4. The van der Waals surface area contributed by atoms with Crippen LogP contribution in [0.15, 0.2) is 29.0 Å². The second kappa shape index (κ2) is 7.01. The highest BCUT2D eigenvalue weighted by Gasteiger charge is 2.31. The maximum absolute atomic E-state index is 5.51. The number of hydrogen-bond acceptors (Lipinski definition) is 5. The molecule has 24 heavy (non-hydrogen) atoms. The molecular formula is C19H26N4O. The highest BCUT2D eigenvalue weighted by molar-refractivity contribution is 5.16. The summed E-state index contributed by atoms with van der Waals surface area (Å²) >= 11 is 0. The summed E-state index contributed by atoms with van der Waals surface area (Å²) in [7, 11) is 0. The maximum Gasteiger partial charge on any atom is 0.243 e. The van der Waals surface area contributed by atoms with Gasteiger partial charge in [0.15, 0.2) is 5.82 Å². The van der Waals surface area contributed by atoms with Gasteiger partial charge in [0.05, 0.1) is 6.04 Å². The molecule has 0 unspecified atom stereocenters. The Labute approximate surface area is 143 Å². The van der Waals surface area contributed by atoms with E-state index in [-0.39, 0.29) is 6.04 Å². The van der Waals surface area contributed by atoms with E-state index in [4.69, 9.17) is 4.52 Å². The van der Waals surface area contributed by atoms with Crippen molar-refractivity contribution in [2.45, 2.75) is 69.9 Å². The van der Waals surface area contributed by atoms with Gasteiger partial charge in [-0.1, -0.05) is 30.5 Å². The van der Waals surface area contributed by atoms with Gasteiger partial charge in [0.1, 0.15) is 0 Å². The summed E-state index contributed by atoms with van der Waals surface area (Å²) in [6.45, 7) is 2.12. The van der Waals surface area contributed by atoms with Crippen LogP contribution in [0.2, 0.25) is 0 Å². The molecule has 0 aromatic carbocycles. The number of rotatable bonds is 6. The van der Waals surface area contributed by atoms with Crippen LogP contribution in [-0.2, 0) is 0 Å². The van der Waals surface area contributed by atoms with Crippen LogP contribution in [0.25, 0.3) is 0 Å². The highest BCUT2D eigenvalue weighted by Crippen LogP contribution is 2.39. The Morgan fingerprint density at radius 3 is 2.71 bits per heavy atom. The fraction of sp³-hybridized carbons (Fsp3) is 0.632. The molecule has 5 nitrogen and oxygen atoms in total. The van der Waals surface area contributed by atoms with Gasteiger partial charge in [-0.15, -0.1) is 0 Å². The van der Waals surface area contributed by atoms with E-state index in [2.05, 4.69) is 33.4 Å². The summed E-state index contributed by atoms with van der Waals surface area (Å²) in [6.07, 6.45) is 12.8. The molecule has 0 radical (unpaired) electrons. The molecule has 0 bridgehead atoms. The first-order valence-corrected chi connectivity index (χ1v) is 9.30. The van der Waals surface area contributed by atoms with Gasteiger partial charge < -0.3 is 4.52 Å². The maximum atomic E-state index is 5.51. The summed E-state index contributed by atoms with van der Waals surface area (Å²) < 4.78 is 5.51. The van der Waals surface area contributed by atoms with Crippen molar-refractivity contribution in [3.63, 3.8) is 0 Å². The molecule has 2 atom stereocenters. The zero-order valence-electron chi connectivity index (χ0n) is 14.3. The van der Waals surface area contributed by atoms with Crippen molar-refractivity contribution >= 4 is 0 Å². The summed E-state index contributed by atoms with van der Waals surface area (Å²) in [5, 5.41) is 7.91. The van der Waals surface area contributed by atoms with Crippen LogP contribution in [-0.4, -0.2) is 15.1 Å². The summed E-state index contributed by atoms with van der Waals surface area (Å²) in [5.74, 6) is 2.77. The quantitative estimate of drug-likeness (QED) is 0.856. The molecule has 128 valence electrons. The van der Waals surface area contributed by atoms with Crippen LogP contribution < -0.4 is 5.32 Å². The summed E-state index contributed by atoms with van der Waals surface area (Å²) in [4.78, 5) is 8.93. The van der Waals surface area contributed by atoms with Gasteiger partial charge in [0.2, 0.25) is 5.89 Å². The van der Waals surface area contributed by atoms with Crippen LogP contribution in [0, 0.1) is 5.92 Å². The Bertz CT molecular complexity index is 646. The van der Waals surface area contributed by atoms with E-state index < -0.39 is 0 Å². The van der Waals surface area contributed by atoms with Crippen molar-refractivity contribution in [2.24, 2.45) is 5.92 Å². The minimum Gasteiger partial charge on any atom is -0.338 e. The first-order valence-electron chi connectivity index (χ1n) is 9.30. The zero-order valence-corrected chi connectivity index (χ0v) is 14.3. The fourth-order valence-corrected chi connectivity index (χ4v) is 3.80. The summed E-state index contributed by atoms with van der Waals surface area (Å²) in [6, 6.07) is 4.55. The first-order chi connectivity index (χ1) is 11.8. The number of nitrogens with one attached hydrogen (secondary N) is 1. The smallest absolute Gasteiger partial charge is 0.243 e. The Morgan fingerprint density at radius 2 is 2.00 bits per heavy atom. The Morgan fingerprint density at radius 1 is 1.17 bits per heavy atom. The average Bonchev–Trinajstić information content (AvgIpc) is 3.38. The molecule has 2 saturated carbocycles. The standard InChI is InChI=1S/C19H26N4O/c1-13(19-22-18(23-24-19)15-9-10-15)21-17(14-6-3-2-4-7-14)16-8-5-11-20-12-16/h5,8,11-15,17,21H,2-4,6-7,9-10H2,1H3/t13-,17-/m0/s1. The Hall–Kier alpha value is -1.75. The number of pyridine rings is 1. The third-order valence-corrected chi connectivity index (χ3v) is 5.36. The summed E-state index contributed by atoms with van der Waals surface area (Å²) in [5.41, 5.74) is 1.26. The van der Waals surface area contributed by atoms with E-state index in [1.807, 2.05) is 18.5 Å². The van der Waals surface area contributed by atoms with Gasteiger partial charge in [-0.05, 0) is 50.2 Å². The SMILES string of the molecule is C[C@H](N[C@H](c1cccnc1)C1CCCCC1)c1nc(C2CC2)no1. The van der Waals surface area contributed by atoms with Gasteiger partial charge in [-0.3, -0.25) is 10.3 Å². The van der Waals surface area contributed by atoms with E-state index in [1.54, 1.807) is 0 Å².